The van der Waals surface area contributed by atoms with Gasteiger partial charge in [-0.25, -0.2) is 9.18 Å². The average molecular weight is 393 g/mol. The maximum atomic E-state index is 13.7. The van der Waals surface area contributed by atoms with Crippen LogP contribution in [-0.2, 0) is 14.3 Å². The Labute approximate surface area is 164 Å². The van der Waals surface area contributed by atoms with Crippen molar-refractivity contribution in [3.05, 3.63) is 30.1 Å². The minimum Gasteiger partial charge on any atom is -0.466 e. The minimum atomic E-state index is -0.785. The molecule has 2 unspecified atom stereocenters. The lowest BCUT2D eigenvalue weighted by atomic mass is 9.95. The number of carbonyl (C=O) groups is 3. The van der Waals surface area contributed by atoms with Crippen LogP contribution in [0.4, 0.5) is 14.9 Å². The molecule has 1 heterocycles. The fraction of sp³-hybridized carbons (Fsp3) is 0.550. The number of hydrogen-bond acceptors (Lipinski definition) is 4. The number of rotatable bonds is 6. The molecule has 0 saturated carbocycles. The largest absolute Gasteiger partial charge is 0.466 e. The summed E-state index contributed by atoms with van der Waals surface area (Å²) in [5, 5.41) is 5.06. The average Bonchev–Trinajstić information content (AvgIpc) is 2.67. The summed E-state index contributed by atoms with van der Waals surface area (Å²) in [4.78, 5) is 38.9. The van der Waals surface area contributed by atoms with Crippen LogP contribution in [0.3, 0.4) is 0 Å². The molecule has 8 heteroatoms. The van der Waals surface area contributed by atoms with E-state index < -0.39 is 17.9 Å². The summed E-state index contributed by atoms with van der Waals surface area (Å²) in [5.74, 6) is -1.64. The highest BCUT2D eigenvalue weighted by Gasteiger charge is 2.34. The maximum Gasteiger partial charge on any atom is 0.319 e. The van der Waals surface area contributed by atoms with Crippen LogP contribution in [0, 0.1) is 17.7 Å². The number of nitrogens with one attached hydrogen (secondary N) is 2. The fourth-order valence-corrected chi connectivity index (χ4v) is 3.20. The number of likely N-dealkylation sites (tertiary alicyclic amines) is 1. The van der Waals surface area contributed by atoms with Crippen molar-refractivity contribution in [1.82, 2.24) is 10.2 Å². The molecular weight excluding hydrogens is 365 g/mol. The molecule has 1 aromatic rings. The van der Waals surface area contributed by atoms with Gasteiger partial charge in [-0.15, -0.1) is 0 Å². The van der Waals surface area contributed by atoms with Gasteiger partial charge in [-0.3, -0.25) is 9.59 Å². The number of nitrogens with zero attached hydrogens (tertiary/aromatic N) is 1. The van der Waals surface area contributed by atoms with Crippen molar-refractivity contribution in [3.8, 4) is 0 Å². The van der Waals surface area contributed by atoms with E-state index in [1.54, 1.807) is 17.9 Å². The number of urea groups is 1. The van der Waals surface area contributed by atoms with Crippen LogP contribution in [0.1, 0.15) is 33.6 Å². The third kappa shape index (κ3) is 5.68. The molecule has 0 spiro atoms. The Kier molecular flexibility index (Phi) is 7.78. The third-order valence-corrected chi connectivity index (χ3v) is 4.69. The predicted molar refractivity (Wildman–Crippen MR) is 103 cm³/mol. The number of para-hydroxylation sites is 1. The van der Waals surface area contributed by atoms with Crippen molar-refractivity contribution in [1.29, 1.82) is 0 Å². The number of carbonyl (C=O) groups excluding carboxylic acids is 3. The van der Waals surface area contributed by atoms with Crippen LogP contribution in [0.25, 0.3) is 0 Å². The van der Waals surface area contributed by atoms with Crippen LogP contribution < -0.4 is 10.6 Å². The van der Waals surface area contributed by atoms with Gasteiger partial charge in [0.1, 0.15) is 11.9 Å². The van der Waals surface area contributed by atoms with Gasteiger partial charge >= 0.3 is 12.0 Å². The quantitative estimate of drug-likeness (QED) is 0.728. The molecule has 2 N–H and O–H groups in total. The van der Waals surface area contributed by atoms with Gasteiger partial charge in [0.15, 0.2) is 0 Å². The number of amides is 3. The lowest BCUT2D eigenvalue weighted by Crippen LogP contribution is -2.54. The fourth-order valence-electron chi connectivity index (χ4n) is 3.20. The summed E-state index contributed by atoms with van der Waals surface area (Å²) >= 11 is 0. The number of hydrogen-bond donors (Lipinski definition) is 2. The Morgan fingerprint density at radius 3 is 2.64 bits per heavy atom. The molecule has 0 aliphatic carbocycles. The number of anilines is 1. The molecule has 1 saturated heterocycles. The highest BCUT2D eigenvalue weighted by Crippen LogP contribution is 2.20. The second kappa shape index (κ2) is 10.1. The molecule has 7 nitrogen and oxygen atoms in total. The normalized spacial score (nSPS) is 17.8. The van der Waals surface area contributed by atoms with Crippen LogP contribution in [0.5, 0.6) is 0 Å². The van der Waals surface area contributed by atoms with Crippen LogP contribution in [0.15, 0.2) is 24.3 Å². The number of piperidine rings is 1. The van der Waals surface area contributed by atoms with Gasteiger partial charge < -0.3 is 20.3 Å². The maximum absolute atomic E-state index is 13.7. The second-order valence-electron chi connectivity index (χ2n) is 7.18. The first-order chi connectivity index (χ1) is 13.3. The van der Waals surface area contributed by atoms with E-state index in [1.807, 2.05) is 13.8 Å². The van der Waals surface area contributed by atoms with E-state index in [9.17, 15) is 18.8 Å². The van der Waals surface area contributed by atoms with E-state index in [0.717, 1.165) is 0 Å². The molecule has 0 aromatic heterocycles. The van der Waals surface area contributed by atoms with Gasteiger partial charge in [-0.2, -0.15) is 0 Å². The van der Waals surface area contributed by atoms with Crippen molar-refractivity contribution in [2.24, 2.45) is 11.8 Å². The van der Waals surface area contributed by atoms with Crippen molar-refractivity contribution >= 4 is 23.6 Å². The minimum absolute atomic E-state index is 0.0373. The molecule has 1 fully saturated rings. The Bertz CT molecular complexity index is 710. The highest BCUT2D eigenvalue weighted by atomic mass is 19.1. The Morgan fingerprint density at radius 2 is 2.00 bits per heavy atom. The van der Waals surface area contributed by atoms with Gasteiger partial charge in [0, 0.05) is 13.1 Å². The van der Waals surface area contributed by atoms with E-state index in [2.05, 4.69) is 10.6 Å². The van der Waals surface area contributed by atoms with Crippen LogP contribution in [0.2, 0.25) is 0 Å². The van der Waals surface area contributed by atoms with Gasteiger partial charge in [0.05, 0.1) is 18.2 Å². The molecule has 2 atom stereocenters. The zero-order chi connectivity index (χ0) is 20.7. The number of ether oxygens (including phenoxy) is 1. The molecule has 1 aliphatic heterocycles. The van der Waals surface area contributed by atoms with E-state index >= 15 is 0 Å². The Morgan fingerprint density at radius 1 is 1.29 bits per heavy atom. The Balaban J connectivity index is 2.02. The standard InChI is InChI=1S/C20H28FN3O4/c1-4-28-19(26)14-8-7-11-24(12-14)18(25)17(13(2)3)23-20(27)22-16-10-6-5-9-15(16)21/h5-6,9-10,13-14,17H,4,7-8,11-12H2,1-3H3,(H2,22,23,27). The molecule has 1 aliphatic rings. The molecule has 28 heavy (non-hydrogen) atoms. The summed E-state index contributed by atoms with van der Waals surface area (Å²) in [6.45, 7) is 6.48. The molecule has 154 valence electrons. The van der Waals surface area contributed by atoms with Gasteiger partial charge in [-0.05, 0) is 37.8 Å². The topological polar surface area (TPSA) is 87.7 Å². The zero-order valence-corrected chi connectivity index (χ0v) is 16.5. The molecule has 2 rings (SSSR count). The Hall–Kier alpha value is -2.64. The van der Waals surface area contributed by atoms with Crippen molar-refractivity contribution in [3.63, 3.8) is 0 Å². The number of halogens is 1. The SMILES string of the molecule is CCOC(=O)C1CCCN(C(=O)C(NC(=O)Nc2ccccc2F)C(C)C)C1. The van der Waals surface area contributed by atoms with E-state index in [0.29, 0.717) is 26.0 Å². The number of benzene rings is 1. The van der Waals surface area contributed by atoms with Gasteiger partial charge in [0.25, 0.3) is 0 Å². The first-order valence-corrected chi connectivity index (χ1v) is 9.61. The van der Waals surface area contributed by atoms with Crippen molar-refractivity contribution < 1.29 is 23.5 Å². The van der Waals surface area contributed by atoms with E-state index in [4.69, 9.17) is 4.74 Å². The first kappa shape index (κ1) is 21.7. The lowest BCUT2D eigenvalue weighted by molar-refractivity contribution is -0.151. The van der Waals surface area contributed by atoms with E-state index in [-0.39, 0.29) is 35.9 Å². The van der Waals surface area contributed by atoms with Gasteiger partial charge in [-0.1, -0.05) is 26.0 Å². The number of esters is 1. The molecule has 1 aromatic carbocycles. The third-order valence-electron chi connectivity index (χ3n) is 4.69. The predicted octanol–water partition coefficient (Wildman–Crippen LogP) is 2.77. The highest BCUT2D eigenvalue weighted by molar-refractivity contribution is 5.94. The zero-order valence-electron chi connectivity index (χ0n) is 16.5. The second-order valence-corrected chi connectivity index (χ2v) is 7.18. The first-order valence-electron chi connectivity index (χ1n) is 9.61. The van der Waals surface area contributed by atoms with Crippen molar-refractivity contribution in [2.45, 2.75) is 39.7 Å². The lowest BCUT2D eigenvalue weighted by Gasteiger charge is -2.35. The molecule has 0 bridgehead atoms. The van der Waals surface area contributed by atoms with Gasteiger partial charge in [0.2, 0.25) is 5.91 Å². The van der Waals surface area contributed by atoms with Crippen LogP contribution >= 0.6 is 0 Å². The molecular formula is C20H28FN3O4. The molecule has 0 radical (unpaired) electrons. The van der Waals surface area contributed by atoms with Crippen molar-refractivity contribution in [2.75, 3.05) is 25.0 Å². The summed E-state index contributed by atoms with van der Waals surface area (Å²) < 4.78 is 18.8. The summed E-state index contributed by atoms with van der Waals surface area (Å²) in [7, 11) is 0. The summed E-state index contributed by atoms with van der Waals surface area (Å²) in [6.07, 6.45) is 1.37. The summed E-state index contributed by atoms with van der Waals surface area (Å²) in [5.41, 5.74) is 0.0373. The summed E-state index contributed by atoms with van der Waals surface area (Å²) in [6, 6.07) is 4.37. The van der Waals surface area contributed by atoms with E-state index in [1.165, 1.54) is 18.2 Å². The van der Waals surface area contributed by atoms with Crippen LogP contribution in [-0.4, -0.2) is 48.5 Å². The molecule has 3 amide bonds. The monoisotopic (exact) mass is 393 g/mol. The smallest absolute Gasteiger partial charge is 0.319 e.